The summed E-state index contributed by atoms with van der Waals surface area (Å²) in [5.74, 6) is -0.0861. The number of piperidine rings is 1. The highest BCUT2D eigenvalue weighted by atomic mass is 35.5. The van der Waals surface area contributed by atoms with Crippen molar-refractivity contribution in [2.45, 2.75) is 18.9 Å². The maximum Gasteiger partial charge on any atom is 0.254 e. The molecule has 0 saturated carbocycles. The molecule has 0 radical (unpaired) electrons. The number of hydrogen-bond donors (Lipinski definition) is 2. The number of carbonyl (C=O) groups excluding carboxylic acids is 1. The second kappa shape index (κ2) is 6.28. The van der Waals surface area contributed by atoms with E-state index in [9.17, 15) is 4.79 Å². The van der Waals surface area contributed by atoms with Crippen LogP contribution in [0.2, 0.25) is 5.02 Å². The van der Waals surface area contributed by atoms with Crippen LogP contribution in [0, 0.1) is 0 Å². The Kier molecular flexibility index (Phi) is 4.22. The predicted molar refractivity (Wildman–Crippen MR) is 81.9 cm³/mol. The molecule has 110 valence electrons. The van der Waals surface area contributed by atoms with E-state index in [1.165, 1.54) is 0 Å². The molecule has 1 aliphatic heterocycles. The van der Waals surface area contributed by atoms with Crippen LogP contribution in [0.4, 0.5) is 0 Å². The van der Waals surface area contributed by atoms with Crippen LogP contribution in [-0.2, 0) is 0 Å². The standard InChI is InChI=1S/C15H17ClN4O/c16-12-3-1-5-14(7-12)20-10-11(8-18-20)15(21)19-13-4-2-6-17-9-13/h1,3,5,7-8,10,13,17H,2,4,6,9H2,(H,19,21)/t13-/m0/s1. The average Bonchev–Trinajstić information content (AvgIpc) is 2.98. The normalized spacial score (nSPS) is 18.4. The summed E-state index contributed by atoms with van der Waals surface area (Å²) in [7, 11) is 0. The molecule has 6 heteroatoms. The first-order chi connectivity index (χ1) is 10.2. The Balaban J connectivity index is 1.70. The van der Waals surface area contributed by atoms with Gasteiger partial charge in [-0.15, -0.1) is 0 Å². The summed E-state index contributed by atoms with van der Waals surface area (Å²) in [6.45, 7) is 1.85. The number of nitrogens with zero attached hydrogens (tertiary/aromatic N) is 2. The largest absolute Gasteiger partial charge is 0.348 e. The van der Waals surface area contributed by atoms with Crippen molar-refractivity contribution in [3.05, 3.63) is 47.2 Å². The number of aromatic nitrogens is 2. The molecule has 3 rings (SSSR count). The fraction of sp³-hybridized carbons (Fsp3) is 0.333. The van der Waals surface area contributed by atoms with E-state index in [1.54, 1.807) is 29.2 Å². The van der Waals surface area contributed by atoms with Gasteiger partial charge in [-0.1, -0.05) is 17.7 Å². The van der Waals surface area contributed by atoms with Gasteiger partial charge in [-0.3, -0.25) is 4.79 Å². The summed E-state index contributed by atoms with van der Waals surface area (Å²) >= 11 is 5.97. The lowest BCUT2D eigenvalue weighted by molar-refractivity contribution is 0.0930. The van der Waals surface area contributed by atoms with E-state index in [0.29, 0.717) is 10.6 Å². The Bertz CT molecular complexity index is 634. The smallest absolute Gasteiger partial charge is 0.254 e. The van der Waals surface area contributed by atoms with E-state index in [1.807, 2.05) is 12.1 Å². The minimum atomic E-state index is -0.0861. The molecular weight excluding hydrogens is 288 g/mol. The molecule has 0 spiro atoms. The fourth-order valence-electron chi connectivity index (χ4n) is 2.44. The van der Waals surface area contributed by atoms with Crippen LogP contribution in [0.15, 0.2) is 36.7 Å². The van der Waals surface area contributed by atoms with Crippen molar-refractivity contribution in [2.24, 2.45) is 0 Å². The second-order valence-electron chi connectivity index (χ2n) is 5.17. The van der Waals surface area contributed by atoms with Crippen molar-refractivity contribution in [2.75, 3.05) is 13.1 Å². The van der Waals surface area contributed by atoms with Gasteiger partial charge in [0.05, 0.1) is 17.4 Å². The zero-order chi connectivity index (χ0) is 14.7. The lowest BCUT2D eigenvalue weighted by Crippen LogP contribution is -2.45. The Hall–Kier alpha value is -1.85. The van der Waals surface area contributed by atoms with E-state index in [0.717, 1.165) is 31.6 Å². The summed E-state index contributed by atoms with van der Waals surface area (Å²) in [4.78, 5) is 12.2. The average molecular weight is 305 g/mol. The fourth-order valence-corrected chi connectivity index (χ4v) is 2.63. The number of nitrogens with one attached hydrogen (secondary N) is 2. The molecule has 2 aromatic rings. The third-order valence-electron chi connectivity index (χ3n) is 3.55. The molecule has 1 saturated heterocycles. The molecule has 1 aliphatic rings. The van der Waals surface area contributed by atoms with Crippen LogP contribution >= 0.6 is 11.6 Å². The Morgan fingerprint density at radius 2 is 2.38 bits per heavy atom. The number of rotatable bonds is 3. The number of carbonyl (C=O) groups is 1. The van der Waals surface area contributed by atoms with E-state index in [4.69, 9.17) is 11.6 Å². The van der Waals surface area contributed by atoms with E-state index >= 15 is 0 Å². The first-order valence-electron chi connectivity index (χ1n) is 7.04. The molecule has 0 bridgehead atoms. The molecule has 0 aliphatic carbocycles. The van der Waals surface area contributed by atoms with Crippen LogP contribution in [0.1, 0.15) is 23.2 Å². The Morgan fingerprint density at radius 1 is 1.48 bits per heavy atom. The number of hydrogen-bond acceptors (Lipinski definition) is 3. The number of amides is 1. The van der Waals surface area contributed by atoms with Crippen LogP contribution in [-0.4, -0.2) is 34.8 Å². The zero-order valence-electron chi connectivity index (χ0n) is 11.6. The summed E-state index contributed by atoms with van der Waals surface area (Å²) in [5.41, 5.74) is 1.39. The van der Waals surface area contributed by atoms with Gasteiger partial charge in [0.1, 0.15) is 0 Å². The van der Waals surface area contributed by atoms with Gasteiger partial charge in [0.25, 0.3) is 5.91 Å². The van der Waals surface area contributed by atoms with Crippen LogP contribution < -0.4 is 10.6 Å². The lowest BCUT2D eigenvalue weighted by Gasteiger charge is -2.23. The summed E-state index contributed by atoms with van der Waals surface area (Å²) < 4.78 is 1.65. The Morgan fingerprint density at radius 3 is 3.14 bits per heavy atom. The summed E-state index contributed by atoms with van der Waals surface area (Å²) in [6, 6.07) is 7.55. The summed E-state index contributed by atoms with van der Waals surface area (Å²) in [5, 5.41) is 11.2. The van der Waals surface area contributed by atoms with Gasteiger partial charge in [-0.05, 0) is 37.6 Å². The molecule has 21 heavy (non-hydrogen) atoms. The second-order valence-corrected chi connectivity index (χ2v) is 5.61. The van der Waals surface area contributed by atoms with Gasteiger partial charge in [0, 0.05) is 23.8 Å². The van der Waals surface area contributed by atoms with Gasteiger partial charge in [0.2, 0.25) is 0 Å². The monoisotopic (exact) mass is 304 g/mol. The highest BCUT2D eigenvalue weighted by Gasteiger charge is 2.17. The van der Waals surface area contributed by atoms with Crippen molar-refractivity contribution >= 4 is 17.5 Å². The summed E-state index contributed by atoms with van der Waals surface area (Å²) in [6.07, 6.45) is 5.40. The first-order valence-corrected chi connectivity index (χ1v) is 7.42. The highest BCUT2D eigenvalue weighted by molar-refractivity contribution is 6.30. The van der Waals surface area contributed by atoms with Crippen LogP contribution in [0.3, 0.4) is 0 Å². The van der Waals surface area contributed by atoms with Crippen molar-refractivity contribution in [1.82, 2.24) is 20.4 Å². The van der Waals surface area contributed by atoms with Crippen molar-refractivity contribution in [1.29, 1.82) is 0 Å². The van der Waals surface area contributed by atoms with E-state index < -0.39 is 0 Å². The third-order valence-corrected chi connectivity index (χ3v) is 3.78. The van der Waals surface area contributed by atoms with E-state index in [2.05, 4.69) is 15.7 Å². The maximum atomic E-state index is 12.2. The Labute approximate surface area is 128 Å². The number of benzene rings is 1. The van der Waals surface area contributed by atoms with Gasteiger partial charge in [-0.2, -0.15) is 5.10 Å². The quantitative estimate of drug-likeness (QED) is 0.912. The topological polar surface area (TPSA) is 59.0 Å². The lowest BCUT2D eigenvalue weighted by atomic mass is 10.1. The van der Waals surface area contributed by atoms with Gasteiger partial charge >= 0.3 is 0 Å². The molecule has 1 fully saturated rings. The van der Waals surface area contributed by atoms with Crippen molar-refractivity contribution in [3.8, 4) is 5.69 Å². The minimum absolute atomic E-state index is 0.0861. The molecule has 2 heterocycles. The van der Waals surface area contributed by atoms with Gasteiger partial charge in [-0.25, -0.2) is 4.68 Å². The third kappa shape index (κ3) is 3.43. The number of halogens is 1. The maximum absolute atomic E-state index is 12.2. The molecule has 1 aromatic carbocycles. The van der Waals surface area contributed by atoms with Gasteiger partial charge in [0.15, 0.2) is 0 Å². The zero-order valence-corrected chi connectivity index (χ0v) is 12.3. The first kappa shape index (κ1) is 14.1. The molecular formula is C15H17ClN4O. The molecule has 0 unspecified atom stereocenters. The molecule has 5 nitrogen and oxygen atoms in total. The predicted octanol–water partition coefficient (Wildman–Crippen LogP) is 2.01. The van der Waals surface area contributed by atoms with Crippen molar-refractivity contribution < 1.29 is 4.79 Å². The van der Waals surface area contributed by atoms with Crippen molar-refractivity contribution in [3.63, 3.8) is 0 Å². The van der Waals surface area contributed by atoms with E-state index in [-0.39, 0.29) is 11.9 Å². The minimum Gasteiger partial charge on any atom is -0.348 e. The molecule has 1 amide bonds. The van der Waals surface area contributed by atoms with Gasteiger partial charge < -0.3 is 10.6 Å². The van der Waals surface area contributed by atoms with Crippen LogP contribution in [0.5, 0.6) is 0 Å². The molecule has 2 N–H and O–H groups in total. The highest BCUT2D eigenvalue weighted by Crippen LogP contribution is 2.14. The SMILES string of the molecule is O=C(N[C@H]1CCCNC1)c1cnn(-c2cccc(Cl)c2)c1. The van der Waals surface area contributed by atoms with Crippen LogP contribution in [0.25, 0.3) is 5.69 Å². The molecule has 1 aromatic heterocycles. The molecule has 1 atom stereocenters.